The van der Waals surface area contributed by atoms with Crippen LogP contribution in [-0.2, 0) is 14.2 Å². The lowest BCUT2D eigenvalue weighted by molar-refractivity contribution is 0.110. The minimum atomic E-state index is -0.208. The number of hydrogen-bond donors (Lipinski definition) is 1. The monoisotopic (exact) mass is 217 g/mol. The molecule has 0 aromatic heterocycles. The van der Waals surface area contributed by atoms with Crippen LogP contribution in [0.5, 0.6) is 0 Å². The molecule has 0 aromatic carbocycles. The zero-order valence-electron chi connectivity index (χ0n) is 8.55. The highest BCUT2D eigenvalue weighted by Gasteiger charge is 2.31. The maximum Gasteiger partial charge on any atom is 0.191 e. The first-order valence-electron chi connectivity index (χ1n) is 5.06. The summed E-state index contributed by atoms with van der Waals surface area (Å²) in [6.45, 7) is 0.318. The fourth-order valence-corrected chi connectivity index (χ4v) is 1.77. The van der Waals surface area contributed by atoms with Crippen molar-refractivity contribution in [3.8, 4) is 0 Å². The molecular formula is C12H11NO3. The number of ether oxygens (including phenoxy) is 3. The van der Waals surface area contributed by atoms with Crippen molar-refractivity contribution in [1.82, 2.24) is 0 Å². The maximum absolute atomic E-state index is 5.56. The van der Waals surface area contributed by atoms with Crippen LogP contribution in [0.25, 0.3) is 0 Å². The van der Waals surface area contributed by atoms with Gasteiger partial charge in [0.2, 0.25) is 0 Å². The third kappa shape index (κ3) is 1.35. The zero-order chi connectivity index (χ0) is 11.0. The van der Waals surface area contributed by atoms with Crippen LogP contribution in [0.4, 0.5) is 0 Å². The molecule has 0 bridgehead atoms. The molecule has 1 atom stereocenters. The fraction of sp³-hybridized carbons (Fsp3) is 0.167. The van der Waals surface area contributed by atoms with Crippen LogP contribution in [0.1, 0.15) is 0 Å². The molecule has 16 heavy (non-hydrogen) atoms. The highest BCUT2D eigenvalue weighted by molar-refractivity contribution is 5.45. The Morgan fingerprint density at radius 3 is 3.12 bits per heavy atom. The van der Waals surface area contributed by atoms with E-state index in [0.29, 0.717) is 23.8 Å². The minimum Gasteiger partial charge on any atom is -0.485 e. The Bertz CT molecular complexity index is 469. The Hall–Kier alpha value is -1.94. The molecular weight excluding hydrogens is 206 g/mol. The topological polar surface area (TPSA) is 53.7 Å². The number of fused-ring (bicyclic) bond motifs is 2. The van der Waals surface area contributed by atoms with Gasteiger partial charge in [-0.25, -0.2) is 0 Å². The number of nitrogens with two attached hydrogens (primary N) is 1. The molecule has 0 spiro atoms. The summed E-state index contributed by atoms with van der Waals surface area (Å²) in [5.41, 5.74) is 6.53. The summed E-state index contributed by atoms with van der Waals surface area (Å²) in [4.78, 5) is 0. The van der Waals surface area contributed by atoms with Crippen molar-refractivity contribution in [3.05, 3.63) is 59.7 Å². The Morgan fingerprint density at radius 1 is 1.31 bits per heavy atom. The van der Waals surface area contributed by atoms with Crippen molar-refractivity contribution >= 4 is 0 Å². The van der Waals surface area contributed by atoms with Gasteiger partial charge in [-0.2, -0.15) is 0 Å². The average Bonchev–Trinajstić information content (AvgIpc) is 2.38. The summed E-state index contributed by atoms with van der Waals surface area (Å²) in [6, 6.07) is 0. The van der Waals surface area contributed by atoms with E-state index in [1.807, 2.05) is 24.3 Å². The molecule has 4 heteroatoms. The molecule has 4 nitrogen and oxygen atoms in total. The quantitative estimate of drug-likeness (QED) is 0.722. The van der Waals surface area contributed by atoms with E-state index < -0.39 is 0 Å². The second-order valence-corrected chi connectivity index (χ2v) is 3.58. The van der Waals surface area contributed by atoms with Gasteiger partial charge in [-0.15, -0.1) is 0 Å². The van der Waals surface area contributed by atoms with E-state index in [4.69, 9.17) is 19.9 Å². The normalized spacial score (nSPS) is 25.7. The first-order chi connectivity index (χ1) is 7.88. The van der Waals surface area contributed by atoms with Crippen LogP contribution in [0.3, 0.4) is 0 Å². The highest BCUT2D eigenvalue weighted by Crippen LogP contribution is 2.33. The van der Waals surface area contributed by atoms with E-state index in [0.717, 1.165) is 5.57 Å². The molecule has 0 aromatic rings. The van der Waals surface area contributed by atoms with Gasteiger partial charge in [-0.3, -0.25) is 0 Å². The van der Waals surface area contributed by atoms with E-state index in [9.17, 15) is 0 Å². The molecule has 0 saturated heterocycles. The fourth-order valence-electron chi connectivity index (χ4n) is 1.77. The van der Waals surface area contributed by atoms with Crippen molar-refractivity contribution < 1.29 is 14.2 Å². The lowest BCUT2D eigenvalue weighted by Crippen LogP contribution is -2.25. The van der Waals surface area contributed by atoms with Crippen LogP contribution >= 0.6 is 0 Å². The van der Waals surface area contributed by atoms with Crippen molar-refractivity contribution in [3.63, 3.8) is 0 Å². The van der Waals surface area contributed by atoms with E-state index >= 15 is 0 Å². The van der Waals surface area contributed by atoms with Crippen LogP contribution in [0.15, 0.2) is 59.7 Å². The second kappa shape index (κ2) is 3.57. The zero-order valence-corrected chi connectivity index (χ0v) is 8.55. The third-order valence-electron chi connectivity index (χ3n) is 2.55. The van der Waals surface area contributed by atoms with Crippen LogP contribution in [0.2, 0.25) is 0 Å². The molecule has 3 aliphatic rings. The molecule has 0 amide bonds. The molecule has 1 aliphatic carbocycles. The molecule has 2 heterocycles. The van der Waals surface area contributed by atoms with Gasteiger partial charge in [0.1, 0.15) is 6.26 Å². The van der Waals surface area contributed by atoms with Gasteiger partial charge in [0, 0.05) is 5.57 Å². The average molecular weight is 217 g/mol. The predicted molar refractivity (Wildman–Crippen MR) is 57.6 cm³/mol. The standard InChI is InChI=1S/C12H11NO3/c13-6-9-7-15-12-10(16-9)4-3-8-2-1-5-14-11(8)12/h1-5,7,11H,6,13H2. The van der Waals surface area contributed by atoms with Gasteiger partial charge in [0.15, 0.2) is 23.4 Å². The van der Waals surface area contributed by atoms with Gasteiger partial charge in [-0.05, 0) is 12.2 Å². The number of allylic oxidation sites excluding steroid dienone is 3. The minimum absolute atomic E-state index is 0.208. The summed E-state index contributed by atoms with van der Waals surface area (Å²) < 4.78 is 16.6. The highest BCUT2D eigenvalue weighted by atomic mass is 16.6. The number of hydrogen-bond acceptors (Lipinski definition) is 4. The van der Waals surface area contributed by atoms with Crippen molar-refractivity contribution in [2.75, 3.05) is 6.54 Å². The Labute approximate surface area is 93.0 Å². The maximum atomic E-state index is 5.56. The van der Waals surface area contributed by atoms with E-state index in [-0.39, 0.29) is 6.10 Å². The largest absolute Gasteiger partial charge is 0.485 e. The lowest BCUT2D eigenvalue weighted by atomic mass is 10.00. The van der Waals surface area contributed by atoms with E-state index in [2.05, 4.69) is 0 Å². The van der Waals surface area contributed by atoms with Crippen LogP contribution in [-0.4, -0.2) is 12.6 Å². The second-order valence-electron chi connectivity index (χ2n) is 3.58. The summed E-state index contributed by atoms with van der Waals surface area (Å²) in [7, 11) is 0. The Balaban J connectivity index is 1.92. The number of rotatable bonds is 1. The van der Waals surface area contributed by atoms with Gasteiger partial charge in [0.25, 0.3) is 0 Å². The smallest absolute Gasteiger partial charge is 0.191 e. The molecule has 1 unspecified atom stereocenters. The van der Waals surface area contributed by atoms with E-state index in [1.54, 1.807) is 6.26 Å². The molecule has 0 saturated carbocycles. The van der Waals surface area contributed by atoms with E-state index in [1.165, 1.54) is 6.26 Å². The first-order valence-corrected chi connectivity index (χ1v) is 5.06. The third-order valence-corrected chi connectivity index (χ3v) is 2.55. The first kappa shape index (κ1) is 9.30. The van der Waals surface area contributed by atoms with Crippen molar-refractivity contribution in [1.29, 1.82) is 0 Å². The molecule has 3 rings (SSSR count). The van der Waals surface area contributed by atoms with Crippen molar-refractivity contribution in [2.45, 2.75) is 6.10 Å². The Kier molecular flexibility index (Phi) is 2.08. The Morgan fingerprint density at radius 2 is 2.25 bits per heavy atom. The van der Waals surface area contributed by atoms with Gasteiger partial charge >= 0.3 is 0 Å². The predicted octanol–water partition coefficient (Wildman–Crippen LogP) is 1.45. The molecule has 2 aliphatic heterocycles. The van der Waals surface area contributed by atoms with Gasteiger partial charge in [0.05, 0.1) is 12.8 Å². The summed E-state index contributed by atoms with van der Waals surface area (Å²) in [6.07, 6.45) is 10.6. The molecule has 0 fully saturated rings. The summed E-state index contributed by atoms with van der Waals surface area (Å²) in [5.74, 6) is 1.96. The summed E-state index contributed by atoms with van der Waals surface area (Å²) in [5, 5.41) is 0. The SMILES string of the molecule is NCC1=COC2=C(C=CC3=CC=COC32)O1. The van der Waals surface area contributed by atoms with Gasteiger partial charge in [-0.1, -0.05) is 12.2 Å². The van der Waals surface area contributed by atoms with Crippen LogP contribution < -0.4 is 5.73 Å². The summed E-state index contributed by atoms with van der Waals surface area (Å²) >= 11 is 0. The van der Waals surface area contributed by atoms with Crippen LogP contribution in [0, 0.1) is 0 Å². The molecule has 2 N–H and O–H groups in total. The molecule has 0 radical (unpaired) electrons. The lowest BCUT2D eigenvalue weighted by Gasteiger charge is -2.29. The van der Waals surface area contributed by atoms with Gasteiger partial charge < -0.3 is 19.9 Å². The van der Waals surface area contributed by atoms with Crippen molar-refractivity contribution in [2.24, 2.45) is 5.73 Å². The molecule has 82 valence electrons.